The summed E-state index contributed by atoms with van der Waals surface area (Å²) in [6, 6.07) is 10.9. The van der Waals surface area contributed by atoms with E-state index in [1.807, 2.05) is 11.4 Å². The van der Waals surface area contributed by atoms with Crippen molar-refractivity contribution in [3.05, 3.63) is 46.3 Å². The van der Waals surface area contributed by atoms with E-state index in [9.17, 15) is 0 Å². The highest BCUT2D eigenvalue weighted by Crippen LogP contribution is 2.33. The first-order chi connectivity index (χ1) is 8.22. The van der Waals surface area contributed by atoms with Crippen LogP contribution in [0, 0.1) is 0 Å². The molecule has 1 nitrogen and oxygen atoms in total. The van der Waals surface area contributed by atoms with E-state index in [0.717, 1.165) is 16.4 Å². The van der Waals surface area contributed by atoms with Crippen LogP contribution in [0.25, 0.3) is 10.4 Å². The monoisotopic (exact) mass is 265 g/mol. The predicted octanol–water partition coefficient (Wildman–Crippen LogP) is 4.74. The Hall–Kier alpha value is -0.830. The molecule has 1 atom stereocenters. The van der Waals surface area contributed by atoms with E-state index in [4.69, 9.17) is 11.6 Å². The summed E-state index contributed by atoms with van der Waals surface area (Å²) in [6.45, 7) is 5.28. The highest BCUT2D eigenvalue weighted by atomic mass is 35.5. The summed E-state index contributed by atoms with van der Waals surface area (Å²) in [6.07, 6.45) is 0. The fraction of sp³-hybridized carbons (Fsp3) is 0.286. The third kappa shape index (κ3) is 2.89. The van der Waals surface area contributed by atoms with Gasteiger partial charge in [-0.05, 0) is 36.0 Å². The van der Waals surface area contributed by atoms with E-state index in [1.54, 1.807) is 11.3 Å². The lowest BCUT2D eigenvalue weighted by molar-refractivity contribution is 0.598. The molecular formula is C14H16ClNS. The average Bonchev–Trinajstić information content (AvgIpc) is 2.76. The number of halogens is 1. The van der Waals surface area contributed by atoms with Crippen molar-refractivity contribution in [3.8, 4) is 10.4 Å². The van der Waals surface area contributed by atoms with Gasteiger partial charge in [-0.3, -0.25) is 0 Å². The van der Waals surface area contributed by atoms with Gasteiger partial charge >= 0.3 is 0 Å². The van der Waals surface area contributed by atoms with Crippen LogP contribution in [0.2, 0.25) is 5.02 Å². The summed E-state index contributed by atoms with van der Waals surface area (Å²) < 4.78 is 0. The Kier molecular flexibility index (Phi) is 4.21. The second-order valence-corrected chi connectivity index (χ2v) is 5.32. The molecule has 0 amide bonds. The van der Waals surface area contributed by atoms with Crippen LogP contribution in [0.4, 0.5) is 0 Å². The summed E-state index contributed by atoms with van der Waals surface area (Å²) in [5.41, 5.74) is 2.50. The molecule has 1 N–H and O–H groups in total. The van der Waals surface area contributed by atoms with Gasteiger partial charge in [-0.1, -0.05) is 42.8 Å². The maximum Gasteiger partial charge on any atom is 0.0592 e. The van der Waals surface area contributed by atoms with E-state index >= 15 is 0 Å². The van der Waals surface area contributed by atoms with E-state index < -0.39 is 0 Å². The molecule has 0 aliphatic carbocycles. The quantitative estimate of drug-likeness (QED) is 0.842. The highest BCUT2D eigenvalue weighted by Gasteiger charge is 2.07. The van der Waals surface area contributed by atoms with Gasteiger partial charge in [-0.25, -0.2) is 0 Å². The molecule has 17 heavy (non-hydrogen) atoms. The Labute approximate surface area is 111 Å². The second-order valence-electron chi connectivity index (χ2n) is 4.00. The summed E-state index contributed by atoms with van der Waals surface area (Å²) in [7, 11) is 0. The van der Waals surface area contributed by atoms with Crippen molar-refractivity contribution in [3.63, 3.8) is 0 Å². The van der Waals surface area contributed by atoms with Gasteiger partial charge in [-0.15, -0.1) is 11.3 Å². The Bertz CT molecular complexity index is 475. The molecule has 90 valence electrons. The maximum atomic E-state index is 6.12. The van der Waals surface area contributed by atoms with Crippen LogP contribution < -0.4 is 5.32 Å². The van der Waals surface area contributed by atoms with Crippen LogP contribution in [-0.4, -0.2) is 6.54 Å². The molecule has 1 aromatic heterocycles. The van der Waals surface area contributed by atoms with Gasteiger partial charge < -0.3 is 5.32 Å². The fourth-order valence-electron chi connectivity index (χ4n) is 1.85. The molecule has 0 spiro atoms. The molecule has 0 fully saturated rings. The van der Waals surface area contributed by atoms with Crippen molar-refractivity contribution in [2.24, 2.45) is 0 Å². The van der Waals surface area contributed by atoms with E-state index in [1.165, 1.54) is 11.1 Å². The molecule has 1 heterocycles. The number of hydrogen-bond acceptors (Lipinski definition) is 2. The number of hydrogen-bond donors (Lipinski definition) is 1. The van der Waals surface area contributed by atoms with Gasteiger partial charge in [-0.2, -0.15) is 0 Å². The van der Waals surface area contributed by atoms with Gasteiger partial charge in [0, 0.05) is 6.04 Å². The molecule has 0 radical (unpaired) electrons. The average molecular weight is 266 g/mol. The first-order valence-corrected chi connectivity index (χ1v) is 7.05. The first-order valence-electron chi connectivity index (χ1n) is 5.79. The normalized spacial score (nSPS) is 12.6. The first kappa shape index (κ1) is 12.6. The number of nitrogens with one attached hydrogen (secondary N) is 1. The van der Waals surface area contributed by atoms with E-state index in [-0.39, 0.29) is 0 Å². The zero-order chi connectivity index (χ0) is 12.3. The number of rotatable bonds is 4. The van der Waals surface area contributed by atoms with Crippen LogP contribution in [0.1, 0.15) is 25.5 Å². The number of thiophene rings is 1. The summed E-state index contributed by atoms with van der Waals surface area (Å²) >= 11 is 7.80. The predicted molar refractivity (Wildman–Crippen MR) is 76.9 cm³/mol. The Balaban J connectivity index is 2.21. The Morgan fingerprint density at radius 1 is 1.24 bits per heavy atom. The minimum absolute atomic E-state index is 0.396. The zero-order valence-corrected chi connectivity index (χ0v) is 11.6. The molecular weight excluding hydrogens is 250 g/mol. The third-order valence-electron chi connectivity index (χ3n) is 2.80. The standard InChI is InChI=1S/C14H16ClNS/c1-3-16-10(2)11-4-6-12(7-5-11)14-13(15)8-9-17-14/h4-10,16H,3H2,1-2H3. The summed E-state index contributed by atoms with van der Waals surface area (Å²) in [4.78, 5) is 1.15. The van der Waals surface area contributed by atoms with Gasteiger partial charge in [0.25, 0.3) is 0 Å². The molecule has 0 saturated carbocycles. The smallest absolute Gasteiger partial charge is 0.0592 e. The third-order valence-corrected chi connectivity index (χ3v) is 4.19. The topological polar surface area (TPSA) is 12.0 Å². The molecule has 1 aromatic carbocycles. The van der Waals surface area contributed by atoms with Crippen LogP contribution in [0.15, 0.2) is 35.7 Å². The minimum Gasteiger partial charge on any atom is -0.310 e. The van der Waals surface area contributed by atoms with Gasteiger partial charge in [0.15, 0.2) is 0 Å². The lowest BCUT2D eigenvalue weighted by Crippen LogP contribution is -2.17. The SMILES string of the molecule is CCNC(C)c1ccc(-c2sccc2Cl)cc1. The van der Waals surface area contributed by atoms with Crippen molar-refractivity contribution < 1.29 is 0 Å². The van der Waals surface area contributed by atoms with Crippen molar-refractivity contribution in [1.29, 1.82) is 0 Å². The van der Waals surface area contributed by atoms with Crippen LogP contribution in [-0.2, 0) is 0 Å². The van der Waals surface area contributed by atoms with Crippen LogP contribution in [0.3, 0.4) is 0 Å². The molecule has 2 rings (SSSR count). The second kappa shape index (κ2) is 5.67. The summed E-state index contributed by atoms with van der Waals surface area (Å²) in [5, 5.41) is 6.26. The van der Waals surface area contributed by atoms with Crippen molar-refractivity contribution in [2.75, 3.05) is 6.54 Å². The van der Waals surface area contributed by atoms with Gasteiger partial charge in [0.05, 0.1) is 9.90 Å². The molecule has 3 heteroatoms. The van der Waals surface area contributed by atoms with Crippen molar-refractivity contribution >= 4 is 22.9 Å². The Morgan fingerprint density at radius 3 is 2.47 bits per heavy atom. The van der Waals surface area contributed by atoms with E-state index in [0.29, 0.717) is 6.04 Å². The fourth-order valence-corrected chi connectivity index (χ4v) is 3.02. The summed E-state index contributed by atoms with van der Waals surface area (Å²) in [5.74, 6) is 0. The molecule has 0 aliphatic rings. The minimum atomic E-state index is 0.396. The molecule has 1 unspecified atom stereocenters. The maximum absolute atomic E-state index is 6.12. The van der Waals surface area contributed by atoms with Crippen molar-refractivity contribution in [2.45, 2.75) is 19.9 Å². The Morgan fingerprint density at radius 2 is 1.94 bits per heavy atom. The van der Waals surface area contributed by atoms with Gasteiger partial charge in [0.1, 0.15) is 0 Å². The zero-order valence-electron chi connectivity index (χ0n) is 10.0. The molecule has 2 aromatic rings. The molecule has 0 bridgehead atoms. The lowest BCUT2D eigenvalue weighted by atomic mass is 10.1. The van der Waals surface area contributed by atoms with Crippen LogP contribution >= 0.6 is 22.9 Å². The lowest BCUT2D eigenvalue weighted by Gasteiger charge is -2.12. The van der Waals surface area contributed by atoms with Gasteiger partial charge in [0.2, 0.25) is 0 Å². The highest BCUT2D eigenvalue weighted by molar-refractivity contribution is 7.14. The van der Waals surface area contributed by atoms with E-state index in [2.05, 4.69) is 43.4 Å². The van der Waals surface area contributed by atoms with Crippen LogP contribution in [0.5, 0.6) is 0 Å². The largest absolute Gasteiger partial charge is 0.310 e. The molecule has 0 aliphatic heterocycles. The molecule has 0 saturated heterocycles. The number of benzene rings is 1. The van der Waals surface area contributed by atoms with Crippen molar-refractivity contribution in [1.82, 2.24) is 5.32 Å².